The molecule has 0 aliphatic heterocycles. The zero-order chi connectivity index (χ0) is 14.8. The fourth-order valence-electron chi connectivity index (χ4n) is 3.49. The number of hydrogen-bond donors (Lipinski definition) is 1. The molecule has 1 saturated carbocycles. The van der Waals surface area contributed by atoms with Gasteiger partial charge in [-0.05, 0) is 44.5 Å². The monoisotopic (exact) mass is 275 g/mol. The molecule has 110 valence electrons. The molecule has 1 aromatic rings. The van der Waals surface area contributed by atoms with Gasteiger partial charge in [-0.1, -0.05) is 26.7 Å². The molecular weight excluding hydrogens is 250 g/mol. The second-order valence-electron chi connectivity index (χ2n) is 5.69. The van der Waals surface area contributed by atoms with Crippen molar-refractivity contribution in [3.8, 4) is 0 Å². The summed E-state index contributed by atoms with van der Waals surface area (Å²) in [6.45, 7) is 7.97. The molecule has 0 aromatic carbocycles. The molecular formula is C16H25N3O. The fourth-order valence-corrected chi connectivity index (χ4v) is 3.49. The summed E-state index contributed by atoms with van der Waals surface area (Å²) in [7, 11) is 0. The number of hydrogen-bond acceptors (Lipinski definition) is 4. The number of ketones is 1. The van der Waals surface area contributed by atoms with Crippen LogP contribution in [0.4, 0.5) is 5.82 Å². The number of aryl methyl sites for hydroxylation is 1. The summed E-state index contributed by atoms with van der Waals surface area (Å²) in [5.41, 5.74) is 7.16. The molecule has 0 radical (unpaired) electrons. The summed E-state index contributed by atoms with van der Waals surface area (Å²) < 4.78 is 0. The van der Waals surface area contributed by atoms with E-state index in [1.165, 1.54) is 0 Å². The predicted octanol–water partition coefficient (Wildman–Crippen LogP) is 2.81. The first-order chi connectivity index (χ1) is 9.55. The topological polar surface area (TPSA) is 59.2 Å². The molecule has 2 N–H and O–H groups in total. The molecule has 0 unspecified atom stereocenters. The van der Waals surface area contributed by atoms with Gasteiger partial charge in [0.05, 0.1) is 11.1 Å². The minimum atomic E-state index is -0.368. The standard InChI is InChI=1S/C16H25N3O/c1-4-19(5-2)16(8-6-7-9-16)14(20)13-10-12(3)11-18-15(13)17/h10-11H,4-9H2,1-3H3,(H2,17,18). The number of Topliss-reactive ketones (excluding diaryl/α,β-unsaturated/α-hetero) is 1. The number of carbonyl (C=O) groups is 1. The van der Waals surface area contributed by atoms with E-state index in [1.54, 1.807) is 6.20 Å². The molecule has 4 heteroatoms. The number of carbonyl (C=O) groups excluding carboxylic acids is 1. The van der Waals surface area contributed by atoms with Crippen LogP contribution in [0.5, 0.6) is 0 Å². The number of likely N-dealkylation sites (N-methyl/N-ethyl adjacent to an activating group) is 1. The van der Waals surface area contributed by atoms with Crippen molar-refractivity contribution >= 4 is 11.6 Å². The van der Waals surface area contributed by atoms with E-state index in [1.807, 2.05) is 13.0 Å². The van der Waals surface area contributed by atoms with Crippen LogP contribution in [0, 0.1) is 6.92 Å². The van der Waals surface area contributed by atoms with Crippen LogP contribution in [0.15, 0.2) is 12.3 Å². The normalized spacial score (nSPS) is 17.6. The van der Waals surface area contributed by atoms with Crippen LogP contribution in [0.1, 0.15) is 55.5 Å². The van der Waals surface area contributed by atoms with Crippen LogP contribution in [-0.2, 0) is 0 Å². The summed E-state index contributed by atoms with van der Waals surface area (Å²) in [5.74, 6) is 0.520. The molecule has 20 heavy (non-hydrogen) atoms. The van der Waals surface area contributed by atoms with Gasteiger partial charge in [0.2, 0.25) is 0 Å². The van der Waals surface area contributed by atoms with Gasteiger partial charge in [0, 0.05) is 6.20 Å². The number of rotatable bonds is 5. The largest absolute Gasteiger partial charge is 0.383 e. The minimum absolute atomic E-state index is 0.160. The SMILES string of the molecule is CCN(CC)C1(C(=O)c2cc(C)cnc2N)CCCC1. The van der Waals surface area contributed by atoms with Gasteiger partial charge in [-0.2, -0.15) is 0 Å². The average Bonchev–Trinajstić information content (AvgIpc) is 2.93. The highest BCUT2D eigenvalue weighted by Crippen LogP contribution is 2.38. The van der Waals surface area contributed by atoms with Crippen molar-refractivity contribution in [1.82, 2.24) is 9.88 Å². The molecule has 4 nitrogen and oxygen atoms in total. The van der Waals surface area contributed by atoms with E-state index in [2.05, 4.69) is 23.7 Å². The number of aromatic nitrogens is 1. The number of anilines is 1. The van der Waals surface area contributed by atoms with E-state index in [0.717, 1.165) is 44.3 Å². The van der Waals surface area contributed by atoms with Gasteiger partial charge in [0.15, 0.2) is 5.78 Å². The first-order valence-electron chi connectivity index (χ1n) is 7.57. The van der Waals surface area contributed by atoms with Crippen molar-refractivity contribution < 1.29 is 4.79 Å². The van der Waals surface area contributed by atoms with Crippen molar-refractivity contribution in [1.29, 1.82) is 0 Å². The summed E-state index contributed by atoms with van der Waals surface area (Å²) >= 11 is 0. The maximum atomic E-state index is 13.1. The Hall–Kier alpha value is -1.42. The second-order valence-corrected chi connectivity index (χ2v) is 5.69. The highest BCUT2D eigenvalue weighted by atomic mass is 16.1. The molecule has 1 aromatic heterocycles. The van der Waals surface area contributed by atoms with Crippen molar-refractivity contribution in [2.45, 2.75) is 52.0 Å². The van der Waals surface area contributed by atoms with Gasteiger partial charge in [-0.15, -0.1) is 0 Å². The van der Waals surface area contributed by atoms with Gasteiger partial charge in [-0.3, -0.25) is 9.69 Å². The Kier molecular flexibility index (Phi) is 4.43. The third kappa shape index (κ3) is 2.44. The van der Waals surface area contributed by atoms with Crippen LogP contribution in [0.3, 0.4) is 0 Å². The van der Waals surface area contributed by atoms with E-state index >= 15 is 0 Å². The molecule has 1 aliphatic rings. The summed E-state index contributed by atoms with van der Waals surface area (Å²) in [4.78, 5) is 19.6. The van der Waals surface area contributed by atoms with E-state index in [9.17, 15) is 4.79 Å². The smallest absolute Gasteiger partial charge is 0.186 e. The van der Waals surface area contributed by atoms with Crippen LogP contribution < -0.4 is 5.73 Å². The highest BCUT2D eigenvalue weighted by molar-refractivity contribution is 6.06. The maximum absolute atomic E-state index is 13.1. The molecule has 0 atom stereocenters. The number of pyridine rings is 1. The van der Waals surface area contributed by atoms with E-state index < -0.39 is 0 Å². The fraction of sp³-hybridized carbons (Fsp3) is 0.625. The Morgan fingerprint density at radius 3 is 2.50 bits per heavy atom. The molecule has 1 heterocycles. The van der Waals surface area contributed by atoms with Gasteiger partial charge < -0.3 is 5.73 Å². The molecule has 2 rings (SSSR count). The Labute approximate surface area is 121 Å². The van der Waals surface area contributed by atoms with Gasteiger partial charge in [0.1, 0.15) is 5.82 Å². The lowest BCUT2D eigenvalue weighted by atomic mass is 9.85. The zero-order valence-electron chi connectivity index (χ0n) is 12.8. The lowest BCUT2D eigenvalue weighted by Gasteiger charge is -2.39. The average molecular weight is 275 g/mol. The van der Waals surface area contributed by atoms with E-state index in [-0.39, 0.29) is 11.3 Å². The molecule has 0 bridgehead atoms. The third-order valence-corrected chi connectivity index (χ3v) is 4.52. The molecule has 1 aliphatic carbocycles. The summed E-state index contributed by atoms with van der Waals surface area (Å²) in [5, 5.41) is 0. The van der Waals surface area contributed by atoms with Gasteiger partial charge in [-0.25, -0.2) is 4.98 Å². The van der Waals surface area contributed by atoms with Gasteiger partial charge >= 0.3 is 0 Å². The zero-order valence-corrected chi connectivity index (χ0v) is 12.8. The van der Waals surface area contributed by atoms with Crippen molar-refractivity contribution in [3.63, 3.8) is 0 Å². The first kappa shape index (κ1) is 15.0. The van der Waals surface area contributed by atoms with Gasteiger partial charge in [0.25, 0.3) is 0 Å². The molecule has 0 saturated heterocycles. The lowest BCUT2D eigenvalue weighted by Crippen LogP contribution is -2.52. The summed E-state index contributed by atoms with van der Waals surface area (Å²) in [6, 6.07) is 1.88. The summed E-state index contributed by atoms with van der Waals surface area (Å²) in [6.07, 6.45) is 5.80. The molecule has 0 amide bonds. The number of nitrogens with two attached hydrogens (primary N) is 1. The minimum Gasteiger partial charge on any atom is -0.383 e. The Morgan fingerprint density at radius 1 is 1.35 bits per heavy atom. The van der Waals surface area contributed by atoms with Crippen LogP contribution in [-0.4, -0.2) is 34.3 Å². The van der Waals surface area contributed by atoms with Crippen molar-refractivity contribution in [2.75, 3.05) is 18.8 Å². The predicted molar refractivity (Wildman–Crippen MR) is 81.8 cm³/mol. The quantitative estimate of drug-likeness (QED) is 0.839. The maximum Gasteiger partial charge on any atom is 0.186 e. The lowest BCUT2D eigenvalue weighted by molar-refractivity contribution is 0.0585. The first-order valence-corrected chi connectivity index (χ1v) is 7.57. The van der Waals surface area contributed by atoms with Crippen molar-refractivity contribution in [2.24, 2.45) is 0 Å². The van der Waals surface area contributed by atoms with Crippen LogP contribution in [0.2, 0.25) is 0 Å². The van der Waals surface area contributed by atoms with E-state index in [4.69, 9.17) is 5.73 Å². The Morgan fingerprint density at radius 2 is 1.95 bits per heavy atom. The number of nitrogen functional groups attached to an aromatic ring is 1. The van der Waals surface area contributed by atoms with Crippen LogP contribution >= 0.6 is 0 Å². The highest BCUT2D eigenvalue weighted by Gasteiger charge is 2.45. The second kappa shape index (κ2) is 5.92. The molecule has 0 spiro atoms. The third-order valence-electron chi connectivity index (χ3n) is 4.52. The van der Waals surface area contributed by atoms with Crippen LogP contribution in [0.25, 0.3) is 0 Å². The van der Waals surface area contributed by atoms with E-state index in [0.29, 0.717) is 11.4 Å². The number of nitrogens with zero attached hydrogens (tertiary/aromatic N) is 2. The Bertz CT molecular complexity index is 488. The molecule has 1 fully saturated rings. The Balaban J connectivity index is 2.44. The van der Waals surface area contributed by atoms with Crippen molar-refractivity contribution in [3.05, 3.63) is 23.4 Å².